The van der Waals surface area contributed by atoms with E-state index in [2.05, 4.69) is 19.2 Å². The van der Waals surface area contributed by atoms with Gasteiger partial charge in [-0.05, 0) is 36.6 Å². The monoisotopic (exact) mass is 275 g/mol. The molecule has 0 aromatic heterocycles. The fourth-order valence-corrected chi connectivity index (χ4v) is 2.12. The lowest BCUT2D eigenvalue weighted by atomic mass is 10.1. The highest BCUT2D eigenvalue weighted by Gasteiger charge is 2.08. The van der Waals surface area contributed by atoms with Crippen molar-refractivity contribution in [1.29, 1.82) is 0 Å². The molecule has 0 aliphatic heterocycles. The summed E-state index contributed by atoms with van der Waals surface area (Å²) in [6.45, 7) is 4.28. The number of hydrogen-bond acceptors (Lipinski definition) is 2. The van der Waals surface area contributed by atoms with Crippen molar-refractivity contribution in [1.82, 2.24) is 5.32 Å². The Kier molecular flexibility index (Phi) is 7.48. The molecule has 1 aromatic rings. The zero-order valence-electron chi connectivity index (χ0n) is 12.7. The van der Waals surface area contributed by atoms with Crippen molar-refractivity contribution in [3.05, 3.63) is 35.9 Å². The molecule has 0 spiro atoms. The third-order valence-corrected chi connectivity index (χ3v) is 3.16. The van der Waals surface area contributed by atoms with E-state index in [1.165, 1.54) is 0 Å². The summed E-state index contributed by atoms with van der Waals surface area (Å²) in [6, 6.07) is 7.91. The van der Waals surface area contributed by atoms with Gasteiger partial charge < -0.3 is 10.1 Å². The van der Waals surface area contributed by atoms with Gasteiger partial charge in [-0.15, -0.1) is 0 Å². The van der Waals surface area contributed by atoms with Crippen molar-refractivity contribution in [3.8, 4) is 5.75 Å². The topological polar surface area (TPSA) is 38.3 Å². The summed E-state index contributed by atoms with van der Waals surface area (Å²) in [6.07, 6.45) is 7.68. The number of methoxy groups -OCH3 is 1. The molecule has 1 amide bonds. The lowest BCUT2D eigenvalue weighted by Gasteiger charge is -2.15. The van der Waals surface area contributed by atoms with Crippen LogP contribution in [0.25, 0.3) is 6.08 Å². The number of carbonyl (C=O) groups excluding carboxylic acids is 1. The molecule has 0 radical (unpaired) electrons. The largest absolute Gasteiger partial charge is 0.497 e. The Morgan fingerprint density at radius 3 is 2.30 bits per heavy atom. The van der Waals surface area contributed by atoms with E-state index < -0.39 is 0 Å². The minimum atomic E-state index is -0.0206. The standard InChI is InChI=1S/C17H25NO2/c1-4-6-15(7-5-2)18-17(19)13-10-14-8-11-16(20-3)12-9-14/h8-13,15H,4-7H2,1-3H3,(H,18,19). The van der Waals surface area contributed by atoms with Gasteiger partial charge in [0.1, 0.15) is 5.75 Å². The Balaban J connectivity index is 2.52. The summed E-state index contributed by atoms with van der Waals surface area (Å²) in [4.78, 5) is 11.9. The zero-order chi connectivity index (χ0) is 14.8. The number of amides is 1. The van der Waals surface area contributed by atoms with Gasteiger partial charge in [0.25, 0.3) is 0 Å². The first-order valence-electron chi connectivity index (χ1n) is 7.32. The average Bonchev–Trinajstić information content (AvgIpc) is 2.46. The van der Waals surface area contributed by atoms with Crippen LogP contribution >= 0.6 is 0 Å². The molecule has 3 heteroatoms. The van der Waals surface area contributed by atoms with E-state index in [0.29, 0.717) is 0 Å². The van der Waals surface area contributed by atoms with Gasteiger partial charge in [-0.2, -0.15) is 0 Å². The van der Waals surface area contributed by atoms with Crippen molar-refractivity contribution < 1.29 is 9.53 Å². The van der Waals surface area contributed by atoms with Gasteiger partial charge in [0.05, 0.1) is 7.11 Å². The fraction of sp³-hybridized carbons (Fsp3) is 0.471. The predicted molar refractivity (Wildman–Crippen MR) is 83.8 cm³/mol. The van der Waals surface area contributed by atoms with Crippen molar-refractivity contribution in [2.75, 3.05) is 7.11 Å². The van der Waals surface area contributed by atoms with Gasteiger partial charge in [-0.25, -0.2) is 0 Å². The minimum Gasteiger partial charge on any atom is -0.497 e. The number of carbonyl (C=O) groups is 1. The lowest BCUT2D eigenvalue weighted by molar-refractivity contribution is -0.117. The summed E-state index contributed by atoms with van der Waals surface area (Å²) in [5, 5.41) is 3.06. The van der Waals surface area contributed by atoms with Crippen LogP contribution < -0.4 is 10.1 Å². The molecule has 20 heavy (non-hydrogen) atoms. The van der Waals surface area contributed by atoms with Crippen LogP contribution in [0.4, 0.5) is 0 Å². The smallest absolute Gasteiger partial charge is 0.244 e. The normalized spacial score (nSPS) is 11.0. The first-order chi connectivity index (χ1) is 9.69. The van der Waals surface area contributed by atoms with Gasteiger partial charge in [-0.3, -0.25) is 4.79 Å². The fourth-order valence-electron chi connectivity index (χ4n) is 2.12. The predicted octanol–water partition coefficient (Wildman–Crippen LogP) is 3.79. The first-order valence-corrected chi connectivity index (χ1v) is 7.32. The lowest BCUT2D eigenvalue weighted by Crippen LogP contribution is -2.33. The average molecular weight is 275 g/mol. The van der Waals surface area contributed by atoms with E-state index in [9.17, 15) is 4.79 Å². The molecule has 0 bridgehead atoms. The maximum absolute atomic E-state index is 11.9. The van der Waals surface area contributed by atoms with E-state index >= 15 is 0 Å². The molecular weight excluding hydrogens is 250 g/mol. The Bertz CT molecular complexity index is 417. The molecule has 0 aliphatic carbocycles. The van der Waals surface area contributed by atoms with Gasteiger partial charge in [0.2, 0.25) is 5.91 Å². The van der Waals surface area contributed by atoms with Crippen LogP contribution in [0, 0.1) is 0 Å². The van der Waals surface area contributed by atoms with Crippen LogP contribution in [0.15, 0.2) is 30.3 Å². The molecule has 0 saturated carbocycles. The highest BCUT2D eigenvalue weighted by Crippen LogP contribution is 2.12. The molecule has 0 aliphatic rings. The van der Waals surface area contributed by atoms with Crippen molar-refractivity contribution in [2.45, 2.75) is 45.6 Å². The van der Waals surface area contributed by atoms with Crippen LogP contribution in [-0.2, 0) is 4.79 Å². The zero-order valence-corrected chi connectivity index (χ0v) is 12.7. The Hall–Kier alpha value is -1.77. The molecule has 0 saturated heterocycles. The first kappa shape index (κ1) is 16.3. The molecule has 0 unspecified atom stereocenters. The van der Waals surface area contributed by atoms with Crippen molar-refractivity contribution in [2.24, 2.45) is 0 Å². The van der Waals surface area contributed by atoms with E-state index in [1.807, 2.05) is 30.3 Å². The second-order valence-corrected chi connectivity index (χ2v) is 4.89. The highest BCUT2D eigenvalue weighted by molar-refractivity contribution is 5.91. The van der Waals surface area contributed by atoms with Gasteiger partial charge in [0, 0.05) is 12.1 Å². The summed E-state index contributed by atoms with van der Waals surface area (Å²) in [5.74, 6) is 0.797. The summed E-state index contributed by atoms with van der Waals surface area (Å²) < 4.78 is 5.10. The summed E-state index contributed by atoms with van der Waals surface area (Å²) in [5.41, 5.74) is 0.989. The van der Waals surface area contributed by atoms with E-state index in [4.69, 9.17) is 4.74 Å². The molecule has 0 atom stereocenters. The SMILES string of the molecule is CCCC(CCC)NC(=O)C=Cc1ccc(OC)cc1. The second kappa shape index (κ2) is 9.18. The Morgan fingerprint density at radius 2 is 1.80 bits per heavy atom. The molecule has 1 rings (SSSR count). The maximum atomic E-state index is 11.9. The number of benzene rings is 1. The number of rotatable bonds is 8. The Labute approximate surface area is 122 Å². The Morgan fingerprint density at radius 1 is 1.20 bits per heavy atom. The van der Waals surface area contributed by atoms with Crippen LogP contribution in [-0.4, -0.2) is 19.1 Å². The third-order valence-electron chi connectivity index (χ3n) is 3.16. The third kappa shape index (κ3) is 5.91. The molecular formula is C17H25NO2. The molecule has 1 N–H and O–H groups in total. The van der Waals surface area contributed by atoms with E-state index in [-0.39, 0.29) is 11.9 Å². The molecule has 110 valence electrons. The van der Waals surface area contributed by atoms with Crippen LogP contribution in [0.2, 0.25) is 0 Å². The minimum absolute atomic E-state index is 0.0206. The second-order valence-electron chi connectivity index (χ2n) is 4.89. The summed E-state index contributed by atoms with van der Waals surface area (Å²) >= 11 is 0. The quantitative estimate of drug-likeness (QED) is 0.733. The van der Waals surface area contributed by atoms with E-state index in [1.54, 1.807) is 13.2 Å². The number of hydrogen-bond donors (Lipinski definition) is 1. The highest BCUT2D eigenvalue weighted by atomic mass is 16.5. The molecule has 1 aromatic carbocycles. The van der Waals surface area contributed by atoms with Crippen LogP contribution in [0.1, 0.15) is 45.1 Å². The van der Waals surface area contributed by atoms with E-state index in [0.717, 1.165) is 37.0 Å². The van der Waals surface area contributed by atoms with Gasteiger partial charge >= 0.3 is 0 Å². The number of ether oxygens (including phenoxy) is 1. The molecule has 0 fully saturated rings. The van der Waals surface area contributed by atoms with Crippen molar-refractivity contribution >= 4 is 12.0 Å². The number of nitrogens with one attached hydrogen (secondary N) is 1. The maximum Gasteiger partial charge on any atom is 0.244 e. The molecule has 3 nitrogen and oxygen atoms in total. The summed E-state index contributed by atoms with van der Waals surface area (Å²) in [7, 11) is 1.64. The van der Waals surface area contributed by atoms with Crippen LogP contribution in [0.5, 0.6) is 5.75 Å². The van der Waals surface area contributed by atoms with Crippen LogP contribution in [0.3, 0.4) is 0 Å². The van der Waals surface area contributed by atoms with Crippen molar-refractivity contribution in [3.63, 3.8) is 0 Å². The van der Waals surface area contributed by atoms with Gasteiger partial charge in [-0.1, -0.05) is 38.8 Å². The van der Waals surface area contributed by atoms with Gasteiger partial charge in [0.15, 0.2) is 0 Å². The molecule has 0 heterocycles.